The molecular formula is C17H20N4O2. The van der Waals surface area contributed by atoms with Gasteiger partial charge in [-0.1, -0.05) is 0 Å². The summed E-state index contributed by atoms with van der Waals surface area (Å²) in [5, 5.41) is 8.44. The van der Waals surface area contributed by atoms with E-state index < -0.39 is 0 Å². The van der Waals surface area contributed by atoms with Gasteiger partial charge in [0, 0.05) is 26.2 Å². The van der Waals surface area contributed by atoms with Gasteiger partial charge in [0.1, 0.15) is 6.26 Å². The summed E-state index contributed by atoms with van der Waals surface area (Å²) in [5.74, 6) is 2.10. The molecule has 120 valence electrons. The van der Waals surface area contributed by atoms with Crippen LogP contribution in [0.3, 0.4) is 0 Å². The van der Waals surface area contributed by atoms with Crippen molar-refractivity contribution >= 4 is 11.7 Å². The topological polar surface area (TPSA) is 62.5 Å². The first-order valence-corrected chi connectivity index (χ1v) is 8.07. The summed E-state index contributed by atoms with van der Waals surface area (Å²) >= 11 is 0. The zero-order chi connectivity index (χ0) is 15.8. The lowest BCUT2D eigenvalue weighted by Crippen LogP contribution is -2.40. The molecule has 2 atom stereocenters. The molecule has 2 aromatic rings. The molecule has 4 heterocycles. The maximum atomic E-state index is 12.5. The standard InChI is InChI=1S/C17H20N4O2/c1-12-2-3-16(19-18-12)20-6-4-13-8-21(10-15(13)9-20)17(22)14-5-7-23-11-14/h2-3,5,7,11,13,15H,4,6,8-10H2,1H3/t13-,15+/m0/s1. The number of anilines is 1. The van der Waals surface area contributed by atoms with Crippen LogP contribution < -0.4 is 4.90 Å². The molecule has 0 aromatic carbocycles. The van der Waals surface area contributed by atoms with Crippen molar-refractivity contribution in [1.82, 2.24) is 15.1 Å². The Morgan fingerprint density at radius 3 is 2.78 bits per heavy atom. The van der Waals surface area contributed by atoms with E-state index in [1.54, 1.807) is 12.3 Å². The van der Waals surface area contributed by atoms with E-state index in [9.17, 15) is 4.79 Å². The zero-order valence-corrected chi connectivity index (χ0v) is 13.2. The Morgan fingerprint density at radius 1 is 1.17 bits per heavy atom. The molecule has 0 bridgehead atoms. The van der Waals surface area contributed by atoms with Crippen LogP contribution in [0.4, 0.5) is 5.82 Å². The molecule has 23 heavy (non-hydrogen) atoms. The normalized spacial score (nSPS) is 23.9. The second-order valence-electron chi connectivity index (χ2n) is 6.51. The molecule has 2 aromatic heterocycles. The summed E-state index contributed by atoms with van der Waals surface area (Å²) in [5.41, 5.74) is 1.58. The lowest BCUT2D eigenvalue weighted by Gasteiger charge is -2.34. The van der Waals surface area contributed by atoms with Crippen LogP contribution in [0.25, 0.3) is 0 Å². The minimum absolute atomic E-state index is 0.0785. The van der Waals surface area contributed by atoms with Gasteiger partial charge in [0.15, 0.2) is 5.82 Å². The molecule has 1 amide bonds. The van der Waals surface area contributed by atoms with E-state index in [0.717, 1.165) is 44.1 Å². The number of aromatic nitrogens is 2. The van der Waals surface area contributed by atoms with Crippen molar-refractivity contribution in [3.8, 4) is 0 Å². The fraction of sp³-hybridized carbons (Fsp3) is 0.471. The number of fused-ring (bicyclic) bond motifs is 1. The Bertz CT molecular complexity index is 683. The molecule has 2 aliphatic heterocycles. The van der Waals surface area contributed by atoms with E-state index in [2.05, 4.69) is 15.1 Å². The van der Waals surface area contributed by atoms with Gasteiger partial charge >= 0.3 is 0 Å². The number of aryl methyl sites for hydroxylation is 1. The number of hydrogen-bond donors (Lipinski definition) is 0. The van der Waals surface area contributed by atoms with Crippen LogP contribution in [0.5, 0.6) is 0 Å². The van der Waals surface area contributed by atoms with Gasteiger partial charge < -0.3 is 14.2 Å². The summed E-state index contributed by atoms with van der Waals surface area (Å²) in [6.07, 6.45) is 4.17. The molecule has 2 fully saturated rings. The average molecular weight is 312 g/mol. The monoisotopic (exact) mass is 312 g/mol. The van der Waals surface area contributed by atoms with Crippen molar-refractivity contribution in [1.29, 1.82) is 0 Å². The number of likely N-dealkylation sites (tertiary alicyclic amines) is 1. The van der Waals surface area contributed by atoms with E-state index in [0.29, 0.717) is 17.4 Å². The molecule has 2 saturated heterocycles. The van der Waals surface area contributed by atoms with Crippen molar-refractivity contribution in [2.24, 2.45) is 11.8 Å². The largest absolute Gasteiger partial charge is 0.472 e. The van der Waals surface area contributed by atoms with E-state index in [1.165, 1.54) is 6.26 Å². The highest BCUT2D eigenvalue weighted by Crippen LogP contribution is 2.33. The lowest BCUT2D eigenvalue weighted by atomic mass is 9.89. The molecule has 0 aliphatic carbocycles. The third-order valence-electron chi connectivity index (χ3n) is 4.96. The third-order valence-corrected chi connectivity index (χ3v) is 4.96. The second-order valence-corrected chi connectivity index (χ2v) is 6.51. The fourth-order valence-electron chi connectivity index (χ4n) is 3.67. The molecule has 0 saturated carbocycles. The summed E-state index contributed by atoms with van der Waals surface area (Å²) in [7, 11) is 0. The number of carbonyl (C=O) groups excluding carboxylic acids is 1. The van der Waals surface area contributed by atoms with Crippen LogP contribution in [0, 0.1) is 18.8 Å². The molecule has 6 nitrogen and oxygen atoms in total. The third kappa shape index (κ3) is 2.69. The van der Waals surface area contributed by atoms with Crippen LogP contribution in [0.1, 0.15) is 22.5 Å². The highest BCUT2D eigenvalue weighted by molar-refractivity contribution is 5.94. The van der Waals surface area contributed by atoms with Gasteiger partial charge in [-0.25, -0.2) is 0 Å². The molecule has 6 heteroatoms. The van der Waals surface area contributed by atoms with Crippen molar-refractivity contribution in [3.05, 3.63) is 42.0 Å². The molecule has 0 spiro atoms. The van der Waals surface area contributed by atoms with Crippen molar-refractivity contribution < 1.29 is 9.21 Å². The van der Waals surface area contributed by atoms with Crippen molar-refractivity contribution in [2.75, 3.05) is 31.1 Å². The minimum atomic E-state index is 0.0785. The van der Waals surface area contributed by atoms with Gasteiger partial charge in [0.05, 0.1) is 17.5 Å². The molecule has 0 N–H and O–H groups in total. The van der Waals surface area contributed by atoms with Gasteiger partial charge in [0.25, 0.3) is 5.91 Å². The quantitative estimate of drug-likeness (QED) is 0.848. The first-order valence-electron chi connectivity index (χ1n) is 8.07. The van der Waals surface area contributed by atoms with Gasteiger partial charge in [-0.15, -0.1) is 5.10 Å². The van der Waals surface area contributed by atoms with Gasteiger partial charge in [-0.3, -0.25) is 4.79 Å². The van der Waals surface area contributed by atoms with Gasteiger partial charge in [0.2, 0.25) is 0 Å². The Labute approximate surface area is 135 Å². The highest BCUT2D eigenvalue weighted by atomic mass is 16.3. The van der Waals surface area contributed by atoms with E-state index >= 15 is 0 Å². The number of amides is 1. The van der Waals surface area contributed by atoms with Crippen molar-refractivity contribution in [2.45, 2.75) is 13.3 Å². The summed E-state index contributed by atoms with van der Waals surface area (Å²) in [4.78, 5) is 16.7. The summed E-state index contributed by atoms with van der Waals surface area (Å²) < 4.78 is 5.03. The SMILES string of the molecule is Cc1ccc(N2CC[C@H]3CN(C(=O)c4ccoc4)C[C@H]3C2)nn1. The molecule has 0 radical (unpaired) electrons. The Kier molecular flexibility index (Phi) is 3.52. The van der Waals surface area contributed by atoms with Crippen LogP contribution in [0.15, 0.2) is 35.1 Å². The number of rotatable bonds is 2. The maximum absolute atomic E-state index is 12.5. The number of nitrogens with zero attached hydrogens (tertiary/aromatic N) is 4. The predicted octanol–water partition coefficient (Wildman–Crippen LogP) is 1.98. The highest BCUT2D eigenvalue weighted by Gasteiger charge is 2.39. The number of hydrogen-bond acceptors (Lipinski definition) is 5. The molecule has 2 aliphatic rings. The Hall–Kier alpha value is -2.37. The summed E-state index contributed by atoms with van der Waals surface area (Å²) in [6, 6.07) is 5.77. The number of carbonyl (C=O) groups is 1. The van der Waals surface area contributed by atoms with E-state index in [4.69, 9.17) is 4.42 Å². The maximum Gasteiger partial charge on any atom is 0.257 e. The lowest BCUT2D eigenvalue weighted by molar-refractivity contribution is 0.0784. The predicted molar refractivity (Wildman–Crippen MR) is 85.2 cm³/mol. The van der Waals surface area contributed by atoms with Crippen LogP contribution in [0.2, 0.25) is 0 Å². The van der Waals surface area contributed by atoms with Crippen LogP contribution in [-0.2, 0) is 0 Å². The Morgan fingerprint density at radius 2 is 2.04 bits per heavy atom. The average Bonchev–Trinajstić information content (AvgIpc) is 3.23. The molecular weight excluding hydrogens is 292 g/mol. The Balaban J connectivity index is 1.44. The number of furan rings is 1. The fourth-order valence-corrected chi connectivity index (χ4v) is 3.67. The molecule has 4 rings (SSSR count). The zero-order valence-electron chi connectivity index (χ0n) is 13.2. The minimum Gasteiger partial charge on any atom is -0.472 e. The van der Waals surface area contributed by atoms with Gasteiger partial charge in [-0.05, 0) is 43.4 Å². The number of piperidine rings is 1. The first kappa shape index (κ1) is 14.2. The summed E-state index contributed by atoms with van der Waals surface area (Å²) in [6.45, 7) is 5.52. The van der Waals surface area contributed by atoms with Crippen molar-refractivity contribution in [3.63, 3.8) is 0 Å². The first-order chi connectivity index (χ1) is 11.2. The second kappa shape index (κ2) is 5.68. The van der Waals surface area contributed by atoms with Crippen LogP contribution >= 0.6 is 0 Å². The van der Waals surface area contributed by atoms with E-state index in [1.807, 2.05) is 24.0 Å². The van der Waals surface area contributed by atoms with Crippen LogP contribution in [-0.4, -0.2) is 47.2 Å². The van der Waals surface area contributed by atoms with E-state index in [-0.39, 0.29) is 5.91 Å². The van der Waals surface area contributed by atoms with Gasteiger partial charge in [-0.2, -0.15) is 5.10 Å². The smallest absolute Gasteiger partial charge is 0.257 e. The molecule has 0 unspecified atom stereocenters.